The Balaban J connectivity index is 1.62. The molecule has 1 fully saturated rings. The van der Waals surface area contributed by atoms with Crippen LogP contribution in [0.1, 0.15) is 49.1 Å². The number of para-hydroxylation sites is 1. The van der Waals surface area contributed by atoms with Gasteiger partial charge in [-0.25, -0.2) is 0 Å². The van der Waals surface area contributed by atoms with Crippen molar-refractivity contribution in [3.63, 3.8) is 0 Å². The van der Waals surface area contributed by atoms with E-state index in [9.17, 15) is 18.0 Å². The van der Waals surface area contributed by atoms with E-state index >= 15 is 0 Å². The third kappa shape index (κ3) is 4.35. The molecule has 0 bridgehead atoms. The summed E-state index contributed by atoms with van der Waals surface area (Å²) >= 11 is 0. The Morgan fingerprint density at radius 3 is 2.43 bits per heavy atom. The summed E-state index contributed by atoms with van der Waals surface area (Å²) in [6.07, 6.45) is 1.98. The molecule has 1 unspecified atom stereocenters. The van der Waals surface area contributed by atoms with Gasteiger partial charge in [-0.15, -0.1) is 0 Å². The normalized spacial score (nSPS) is 20.0. The summed E-state index contributed by atoms with van der Waals surface area (Å²) in [5, 5.41) is 2.77. The molecule has 4 rings (SSSR count). The molecule has 2 aliphatic heterocycles. The van der Waals surface area contributed by atoms with Gasteiger partial charge in [0.05, 0.1) is 11.3 Å². The first-order valence-electron chi connectivity index (χ1n) is 10.3. The van der Waals surface area contributed by atoms with Gasteiger partial charge in [-0.3, -0.25) is 9.79 Å². The first kappa shape index (κ1) is 20.4. The summed E-state index contributed by atoms with van der Waals surface area (Å²) in [6, 6.07) is 11.4. The van der Waals surface area contributed by atoms with Crippen LogP contribution >= 0.6 is 0 Å². The van der Waals surface area contributed by atoms with Crippen molar-refractivity contribution in [3.05, 3.63) is 53.6 Å². The number of benzene rings is 2. The third-order valence-corrected chi connectivity index (χ3v) is 5.69. The average molecular weight is 415 g/mol. The minimum atomic E-state index is -4.47. The zero-order chi connectivity index (χ0) is 21.1. The molecule has 30 heavy (non-hydrogen) atoms. The van der Waals surface area contributed by atoms with Crippen molar-refractivity contribution in [2.45, 2.75) is 44.2 Å². The highest BCUT2D eigenvalue weighted by Gasteiger charge is 2.35. The number of carbonyl (C=O) groups excluding carboxylic acids is 1. The van der Waals surface area contributed by atoms with Crippen molar-refractivity contribution in [1.82, 2.24) is 0 Å². The van der Waals surface area contributed by atoms with Gasteiger partial charge in [-0.1, -0.05) is 37.5 Å². The molecule has 2 heterocycles. The SMILES string of the molecule is O=C1Nc2ccccc2C1C=Nc1ccc(N2CCCCCCC2)c(C(F)(F)F)c1. The molecule has 1 N–H and O–H groups in total. The molecule has 0 radical (unpaired) electrons. The predicted molar refractivity (Wildman–Crippen MR) is 113 cm³/mol. The van der Waals surface area contributed by atoms with Crippen LogP contribution in [-0.4, -0.2) is 25.2 Å². The fraction of sp³-hybridized carbons (Fsp3) is 0.391. The predicted octanol–water partition coefficient (Wildman–Crippen LogP) is 5.91. The largest absolute Gasteiger partial charge is 0.418 e. The van der Waals surface area contributed by atoms with E-state index in [0.717, 1.165) is 43.7 Å². The first-order valence-corrected chi connectivity index (χ1v) is 10.3. The summed E-state index contributed by atoms with van der Waals surface area (Å²) in [7, 11) is 0. The van der Waals surface area contributed by atoms with Gasteiger partial charge in [0.25, 0.3) is 0 Å². The fourth-order valence-electron chi connectivity index (χ4n) is 4.14. The summed E-state index contributed by atoms with van der Waals surface area (Å²) in [6.45, 7) is 1.26. The maximum Gasteiger partial charge on any atom is 0.418 e. The fourth-order valence-corrected chi connectivity index (χ4v) is 4.14. The minimum absolute atomic E-state index is 0.190. The van der Waals surface area contributed by atoms with Crippen molar-refractivity contribution in [2.24, 2.45) is 4.99 Å². The Kier molecular flexibility index (Phi) is 5.79. The van der Waals surface area contributed by atoms with Gasteiger partial charge in [0.15, 0.2) is 0 Å². The minimum Gasteiger partial charge on any atom is -0.371 e. The molecular weight excluding hydrogens is 391 g/mol. The number of anilines is 2. The van der Waals surface area contributed by atoms with Crippen LogP contribution in [0.2, 0.25) is 0 Å². The number of aliphatic imine (C=N–C) groups is 1. The Hall–Kier alpha value is -2.83. The van der Waals surface area contributed by atoms with E-state index in [1.807, 2.05) is 23.1 Å². The Bertz CT molecular complexity index is 947. The van der Waals surface area contributed by atoms with Crippen LogP contribution in [0.3, 0.4) is 0 Å². The second-order valence-electron chi connectivity index (χ2n) is 7.79. The highest BCUT2D eigenvalue weighted by molar-refractivity contribution is 6.12. The molecule has 158 valence electrons. The molecular formula is C23H24F3N3O. The van der Waals surface area contributed by atoms with Crippen LogP contribution in [0.25, 0.3) is 0 Å². The van der Waals surface area contributed by atoms with Gasteiger partial charge in [-0.05, 0) is 42.7 Å². The monoisotopic (exact) mass is 415 g/mol. The molecule has 1 amide bonds. The Labute approximate surface area is 173 Å². The lowest BCUT2D eigenvalue weighted by Gasteiger charge is -2.29. The summed E-state index contributed by atoms with van der Waals surface area (Å²) in [5.74, 6) is -0.835. The molecule has 0 spiro atoms. The Morgan fingerprint density at radius 2 is 1.70 bits per heavy atom. The lowest BCUT2D eigenvalue weighted by Crippen LogP contribution is -2.29. The van der Waals surface area contributed by atoms with E-state index in [4.69, 9.17) is 0 Å². The van der Waals surface area contributed by atoms with Crippen molar-refractivity contribution >= 4 is 29.2 Å². The van der Waals surface area contributed by atoms with E-state index in [1.54, 1.807) is 12.1 Å². The summed E-state index contributed by atoms with van der Waals surface area (Å²) < 4.78 is 41.5. The molecule has 0 aromatic heterocycles. The van der Waals surface area contributed by atoms with Crippen molar-refractivity contribution in [2.75, 3.05) is 23.3 Å². The smallest absolute Gasteiger partial charge is 0.371 e. The number of nitrogens with zero attached hydrogens (tertiary/aromatic N) is 2. The van der Waals surface area contributed by atoms with Gasteiger partial charge in [0, 0.05) is 30.7 Å². The maximum atomic E-state index is 13.8. The topological polar surface area (TPSA) is 44.7 Å². The lowest BCUT2D eigenvalue weighted by atomic mass is 10.0. The van der Waals surface area contributed by atoms with Gasteiger partial charge in [0.2, 0.25) is 5.91 Å². The van der Waals surface area contributed by atoms with Crippen LogP contribution in [0.4, 0.5) is 30.2 Å². The second-order valence-corrected chi connectivity index (χ2v) is 7.79. The molecule has 4 nitrogen and oxygen atoms in total. The van der Waals surface area contributed by atoms with Crippen molar-refractivity contribution in [3.8, 4) is 0 Å². The second kappa shape index (κ2) is 8.50. The first-order chi connectivity index (χ1) is 14.4. The average Bonchev–Trinajstić information content (AvgIpc) is 3.00. The molecule has 2 aliphatic rings. The zero-order valence-electron chi connectivity index (χ0n) is 16.6. The number of rotatable bonds is 3. The van der Waals surface area contributed by atoms with Gasteiger partial charge < -0.3 is 10.2 Å². The Morgan fingerprint density at radius 1 is 1.00 bits per heavy atom. The van der Waals surface area contributed by atoms with Gasteiger partial charge in [0.1, 0.15) is 5.92 Å². The quantitative estimate of drug-likeness (QED) is 0.633. The van der Waals surface area contributed by atoms with E-state index < -0.39 is 17.7 Å². The standard InChI is InChI=1S/C23H24F3N3O/c24-23(25,26)19-14-16(10-11-21(19)29-12-6-2-1-3-7-13-29)27-15-18-17-8-4-5-9-20(17)28-22(18)30/h4-5,8-11,14-15,18H,1-3,6-7,12-13H2,(H,28,30). The number of hydrogen-bond acceptors (Lipinski definition) is 3. The molecule has 0 aliphatic carbocycles. The highest BCUT2D eigenvalue weighted by atomic mass is 19.4. The van der Waals surface area contributed by atoms with Crippen molar-refractivity contribution < 1.29 is 18.0 Å². The number of fused-ring (bicyclic) bond motifs is 1. The van der Waals surface area contributed by atoms with Gasteiger partial charge >= 0.3 is 6.18 Å². The van der Waals surface area contributed by atoms with Crippen LogP contribution in [-0.2, 0) is 11.0 Å². The zero-order valence-corrected chi connectivity index (χ0v) is 16.6. The van der Waals surface area contributed by atoms with E-state index in [0.29, 0.717) is 18.8 Å². The van der Waals surface area contributed by atoms with E-state index in [-0.39, 0.29) is 17.3 Å². The molecule has 7 heteroatoms. The lowest BCUT2D eigenvalue weighted by molar-refractivity contribution is -0.137. The molecule has 0 saturated carbocycles. The van der Waals surface area contributed by atoms with Crippen LogP contribution in [0.5, 0.6) is 0 Å². The summed E-state index contributed by atoms with van der Waals surface area (Å²) in [4.78, 5) is 18.3. The number of alkyl halides is 3. The maximum absolute atomic E-state index is 13.8. The molecule has 2 aromatic rings. The number of halogens is 3. The number of nitrogens with one attached hydrogen (secondary N) is 1. The number of carbonyl (C=O) groups is 1. The molecule has 2 aromatic carbocycles. The summed E-state index contributed by atoms with van der Waals surface area (Å²) in [5.41, 5.74) is 1.22. The highest BCUT2D eigenvalue weighted by Crippen LogP contribution is 2.40. The molecule has 1 atom stereocenters. The van der Waals surface area contributed by atoms with Crippen molar-refractivity contribution in [1.29, 1.82) is 0 Å². The van der Waals surface area contributed by atoms with E-state index in [1.165, 1.54) is 12.3 Å². The van der Waals surface area contributed by atoms with Crippen LogP contribution < -0.4 is 10.2 Å². The third-order valence-electron chi connectivity index (χ3n) is 5.69. The van der Waals surface area contributed by atoms with E-state index in [2.05, 4.69) is 10.3 Å². The van der Waals surface area contributed by atoms with Crippen LogP contribution in [0.15, 0.2) is 47.5 Å². The van der Waals surface area contributed by atoms with Crippen LogP contribution in [0, 0.1) is 0 Å². The number of amides is 1. The van der Waals surface area contributed by atoms with Gasteiger partial charge in [-0.2, -0.15) is 13.2 Å². The number of hydrogen-bond donors (Lipinski definition) is 1. The molecule has 1 saturated heterocycles.